The van der Waals surface area contributed by atoms with Crippen LogP contribution >= 0.6 is 0 Å². The van der Waals surface area contributed by atoms with Gasteiger partial charge in [0.1, 0.15) is 5.78 Å². The molecule has 1 saturated heterocycles. The smallest absolute Gasteiger partial charge is 0.135 e. The largest absolute Gasteiger partial charge is 0.300 e. The van der Waals surface area contributed by atoms with Crippen molar-refractivity contribution in [2.24, 2.45) is 0 Å². The molecule has 0 N–H and O–H groups in total. The van der Waals surface area contributed by atoms with E-state index >= 15 is 0 Å². The molecule has 0 aromatic heterocycles. The Bertz CT molecular complexity index is 196. The highest BCUT2D eigenvalue weighted by Crippen LogP contribution is 2.18. The molecule has 0 aromatic carbocycles. The van der Waals surface area contributed by atoms with Crippen LogP contribution in [0.1, 0.15) is 33.1 Å². The van der Waals surface area contributed by atoms with Gasteiger partial charge in [0.15, 0.2) is 0 Å². The summed E-state index contributed by atoms with van der Waals surface area (Å²) in [6.07, 6.45) is 4.42. The maximum Gasteiger partial charge on any atom is 0.135 e. The number of hydrogen-bond donors (Lipinski definition) is 0. The molecule has 2 nitrogen and oxygen atoms in total. The number of likely N-dealkylation sites (tertiary alicyclic amines) is 1. The van der Waals surface area contributed by atoms with E-state index in [1.807, 2.05) is 6.08 Å². The molecule has 13 heavy (non-hydrogen) atoms. The lowest BCUT2D eigenvalue weighted by Gasteiger charge is -2.37. The minimum absolute atomic E-state index is 0.412. The van der Waals surface area contributed by atoms with Crippen molar-refractivity contribution in [1.29, 1.82) is 0 Å². The molecule has 0 aromatic rings. The average Bonchev–Trinajstić information content (AvgIpc) is 2.04. The van der Waals surface area contributed by atoms with Crippen LogP contribution in [0.5, 0.6) is 0 Å². The predicted octanol–water partition coefficient (Wildman–Crippen LogP) is 2.00. The van der Waals surface area contributed by atoms with Gasteiger partial charge in [0.2, 0.25) is 0 Å². The summed E-state index contributed by atoms with van der Waals surface area (Å²) in [5.41, 5.74) is 0. The first kappa shape index (κ1) is 10.5. The summed E-state index contributed by atoms with van der Waals surface area (Å²) >= 11 is 0. The van der Waals surface area contributed by atoms with Gasteiger partial charge in [-0.25, -0.2) is 0 Å². The minimum atomic E-state index is 0.412. The Morgan fingerprint density at radius 1 is 1.77 bits per heavy atom. The molecule has 1 heterocycles. The lowest BCUT2D eigenvalue weighted by Crippen LogP contribution is -2.45. The predicted molar refractivity (Wildman–Crippen MR) is 54.7 cm³/mol. The summed E-state index contributed by atoms with van der Waals surface area (Å²) < 4.78 is 0. The number of nitrogens with zero attached hydrogens (tertiary/aromatic N) is 1. The number of carbonyl (C=O) groups excluding carboxylic acids is 1. The van der Waals surface area contributed by atoms with Crippen molar-refractivity contribution in [3.05, 3.63) is 12.7 Å². The third kappa shape index (κ3) is 2.66. The third-order valence-electron chi connectivity index (χ3n) is 2.81. The van der Waals surface area contributed by atoms with Crippen LogP contribution in [0.2, 0.25) is 0 Å². The molecule has 0 amide bonds. The molecule has 2 unspecified atom stereocenters. The Kier molecular flexibility index (Phi) is 3.67. The number of piperidine rings is 1. The molecule has 1 aliphatic rings. The quantitative estimate of drug-likeness (QED) is 0.621. The van der Waals surface area contributed by atoms with Gasteiger partial charge in [-0.1, -0.05) is 6.08 Å². The van der Waals surface area contributed by atoms with Crippen LogP contribution in [0.15, 0.2) is 12.7 Å². The summed E-state index contributed by atoms with van der Waals surface area (Å²) in [6, 6.07) is 0.941. The number of ketones is 1. The number of hydrogen-bond acceptors (Lipinski definition) is 2. The Morgan fingerprint density at radius 3 is 3.00 bits per heavy atom. The third-order valence-corrected chi connectivity index (χ3v) is 2.81. The zero-order valence-electron chi connectivity index (χ0n) is 8.62. The van der Waals surface area contributed by atoms with Crippen LogP contribution in [-0.2, 0) is 4.79 Å². The van der Waals surface area contributed by atoms with E-state index in [1.165, 1.54) is 0 Å². The second-order valence-electron chi connectivity index (χ2n) is 3.95. The molecule has 0 saturated carbocycles. The van der Waals surface area contributed by atoms with Gasteiger partial charge < -0.3 is 0 Å². The van der Waals surface area contributed by atoms with Crippen LogP contribution in [0, 0.1) is 0 Å². The van der Waals surface area contributed by atoms with Gasteiger partial charge in [-0.3, -0.25) is 9.69 Å². The van der Waals surface area contributed by atoms with Crippen LogP contribution < -0.4 is 0 Å². The van der Waals surface area contributed by atoms with Crippen molar-refractivity contribution in [3.8, 4) is 0 Å². The molecular weight excluding hydrogens is 162 g/mol. The van der Waals surface area contributed by atoms with Crippen molar-refractivity contribution >= 4 is 5.78 Å². The van der Waals surface area contributed by atoms with Gasteiger partial charge in [0.05, 0.1) is 0 Å². The highest BCUT2D eigenvalue weighted by Gasteiger charge is 2.26. The fourth-order valence-corrected chi connectivity index (χ4v) is 2.05. The van der Waals surface area contributed by atoms with Crippen molar-refractivity contribution in [3.63, 3.8) is 0 Å². The summed E-state index contributed by atoms with van der Waals surface area (Å²) in [5.74, 6) is 0.412. The minimum Gasteiger partial charge on any atom is -0.300 e. The van der Waals surface area contributed by atoms with Crippen molar-refractivity contribution in [1.82, 2.24) is 4.90 Å². The summed E-state index contributed by atoms with van der Waals surface area (Å²) in [7, 11) is 0. The Labute approximate surface area is 80.6 Å². The zero-order valence-corrected chi connectivity index (χ0v) is 8.62. The normalized spacial score (nSPS) is 27.2. The molecule has 0 bridgehead atoms. The molecule has 0 radical (unpaired) electrons. The van der Waals surface area contributed by atoms with E-state index < -0.39 is 0 Å². The molecular formula is C11H19NO. The first-order valence-electron chi connectivity index (χ1n) is 5.03. The highest BCUT2D eigenvalue weighted by molar-refractivity contribution is 5.79. The van der Waals surface area contributed by atoms with Gasteiger partial charge in [0, 0.05) is 31.5 Å². The number of rotatable bonds is 3. The van der Waals surface area contributed by atoms with E-state index in [9.17, 15) is 4.79 Å². The van der Waals surface area contributed by atoms with Crippen molar-refractivity contribution < 1.29 is 4.79 Å². The van der Waals surface area contributed by atoms with Gasteiger partial charge >= 0.3 is 0 Å². The van der Waals surface area contributed by atoms with E-state index in [0.29, 0.717) is 17.9 Å². The van der Waals surface area contributed by atoms with Gasteiger partial charge in [-0.15, -0.1) is 6.58 Å². The van der Waals surface area contributed by atoms with E-state index in [0.717, 1.165) is 25.8 Å². The molecule has 1 aliphatic heterocycles. The maximum absolute atomic E-state index is 11.2. The first-order chi connectivity index (χ1) is 6.15. The fourth-order valence-electron chi connectivity index (χ4n) is 2.05. The molecule has 1 fully saturated rings. The van der Waals surface area contributed by atoms with Crippen molar-refractivity contribution in [2.45, 2.75) is 45.2 Å². The number of Topliss-reactive ketones (excluding diaryl/α,β-unsaturated/α-hetero) is 1. The number of carbonyl (C=O) groups is 1. The molecule has 74 valence electrons. The Balaban J connectivity index is 2.49. The standard InChI is InChI=1S/C11H19NO/c1-4-5-9(2)12-7-6-11(13)8-10(12)3/h4,9-10H,1,5-8H2,2-3H3. The lowest BCUT2D eigenvalue weighted by molar-refractivity contribution is -0.123. The molecule has 0 spiro atoms. The van der Waals surface area contributed by atoms with E-state index in [4.69, 9.17) is 0 Å². The first-order valence-corrected chi connectivity index (χ1v) is 5.03. The van der Waals surface area contributed by atoms with E-state index in [-0.39, 0.29) is 0 Å². The maximum atomic E-state index is 11.2. The SMILES string of the molecule is C=CCC(C)N1CCC(=O)CC1C. The average molecular weight is 181 g/mol. The molecule has 2 atom stereocenters. The summed E-state index contributed by atoms with van der Waals surface area (Å²) in [6.45, 7) is 9.01. The van der Waals surface area contributed by atoms with Crippen molar-refractivity contribution in [2.75, 3.05) is 6.54 Å². The summed E-state index contributed by atoms with van der Waals surface area (Å²) in [5, 5.41) is 0. The molecule has 1 rings (SSSR count). The Hall–Kier alpha value is -0.630. The van der Waals surface area contributed by atoms with E-state index in [1.54, 1.807) is 0 Å². The zero-order chi connectivity index (χ0) is 9.84. The molecule has 2 heteroatoms. The lowest BCUT2D eigenvalue weighted by atomic mass is 9.99. The van der Waals surface area contributed by atoms with Crippen LogP contribution in [0.4, 0.5) is 0 Å². The highest BCUT2D eigenvalue weighted by atomic mass is 16.1. The second kappa shape index (κ2) is 4.56. The fraction of sp³-hybridized carbons (Fsp3) is 0.727. The Morgan fingerprint density at radius 2 is 2.46 bits per heavy atom. The van der Waals surface area contributed by atoms with E-state index in [2.05, 4.69) is 25.3 Å². The monoisotopic (exact) mass is 181 g/mol. The van der Waals surface area contributed by atoms with Crippen LogP contribution in [0.25, 0.3) is 0 Å². The van der Waals surface area contributed by atoms with Gasteiger partial charge in [-0.05, 0) is 20.3 Å². The second-order valence-corrected chi connectivity index (χ2v) is 3.95. The van der Waals surface area contributed by atoms with Gasteiger partial charge in [-0.2, -0.15) is 0 Å². The summed E-state index contributed by atoms with van der Waals surface area (Å²) in [4.78, 5) is 13.6. The van der Waals surface area contributed by atoms with Crippen LogP contribution in [-0.4, -0.2) is 29.3 Å². The van der Waals surface area contributed by atoms with Crippen LogP contribution in [0.3, 0.4) is 0 Å². The van der Waals surface area contributed by atoms with Gasteiger partial charge in [0.25, 0.3) is 0 Å². The molecule has 0 aliphatic carbocycles. The topological polar surface area (TPSA) is 20.3 Å².